The summed E-state index contributed by atoms with van der Waals surface area (Å²) in [6, 6.07) is 21.3. The molecule has 1 heterocycles. The molecule has 0 aliphatic heterocycles. The summed E-state index contributed by atoms with van der Waals surface area (Å²) in [7, 11) is 0. The molecular formula is C22H17ClFN3O. The topological polar surface area (TPSA) is 51.0 Å². The van der Waals surface area contributed by atoms with E-state index in [2.05, 4.69) is 15.5 Å². The number of benzene rings is 3. The number of aryl methyl sites for hydroxylation is 1. The van der Waals surface area contributed by atoms with Gasteiger partial charge in [-0.3, -0.25) is 0 Å². The van der Waals surface area contributed by atoms with Crippen molar-refractivity contribution in [2.24, 2.45) is 0 Å². The monoisotopic (exact) mass is 393 g/mol. The van der Waals surface area contributed by atoms with Gasteiger partial charge >= 0.3 is 0 Å². The highest BCUT2D eigenvalue weighted by atomic mass is 35.5. The number of rotatable bonds is 5. The first kappa shape index (κ1) is 18.2. The molecule has 0 unspecified atom stereocenters. The summed E-state index contributed by atoms with van der Waals surface area (Å²) in [5, 5.41) is 12.2. The van der Waals surface area contributed by atoms with Gasteiger partial charge in [0.15, 0.2) is 0 Å². The molecule has 0 fully saturated rings. The van der Waals surface area contributed by atoms with Gasteiger partial charge < -0.3 is 9.73 Å². The molecule has 1 atom stereocenters. The van der Waals surface area contributed by atoms with Gasteiger partial charge in [0.2, 0.25) is 5.89 Å². The molecule has 28 heavy (non-hydrogen) atoms. The summed E-state index contributed by atoms with van der Waals surface area (Å²) in [6.45, 7) is 1.98. The summed E-state index contributed by atoms with van der Waals surface area (Å²) in [4.78, 5) is 0. The Morgan fingerprint density at radius 2 is 1.71 bits per heavy atom. The molecule has 0 aliphatic rings. The molecule has 0 spiro atoms. The maximum absolute atomic E-state index is 14.1. The van der Waals surface area contributed by atoms with Crippen molar-refractivity contribution in [3.8, 4) is 11.5 Å². The van der Waals surface area contributed by atoms with E-state index in [1.54, 1.807) is 18.2 Å². The molecule has 1 N–H and O–H groups in total. The molecule has 1 aromatic heterocycles. The zero-order chi connectivity index (χ0) is 19.5. The quantitative estimate of drug-likeness (QED) is 0.449. The third-order valence-electron chi connectivity index (χ3n) is 4.35. The molecule has 0 radical (unpaired) electrons. The largest absolute Gasteiger partial charge is 0.418 e. The molecular weight excluding hydrogens is 377 g/mol. The van der Waals surface area contributed by atoms with Gasteiger partial charge in [-0.25, -0.2) is 4.39 Å². The second kappa shape index (κ2) is 7.82. The van der Waals surface area contributed by atoms with Gasteiger partial charge in [0.25, 0.3) is 5.89 Å². The van der Waals surface area contributed by atoms with Crippen molar-refractivity contribution >= 4 is 17.3 Å². The number of anilines is 1. The molecule has 0 saturated carbocycles. The number of aromatic nitrogens is 2. The highest BCUT2D eigenvalue weighted by Crippen LogP contribution is 2.32. The minimum Gasteiger partial charge on any atom is -0.418 e. The van der Waals surface area contributed by atoms with Gasteiger partial charge in [-0.2, -0.15) is 0 Å². The summed E-state index contributed by atoms with van der Waals surface area (Å²) in [6.07, 6.45) is 0. The Morgan fingerprint density at radius 1 is 0.964 bits per heavy atom. The predicted molar refractivity (Wildman–Crippen MR) is 108 cm³/mol. The van der Waals surface area contributed by atoms with Crippen LogP contribution in [0.4, 0.5) is 10.1 Å². The van der Waals surface area contributed by atoms with Gasteiger partial charge in [-0.15, -0.1) is 10.2 Å². The fourth-order valence-corrected chi connectivity index (χ4v) is 3.21. The lowest BCUT2D eigenvalue weighted by molar-refractivity contribution is 0.490. The van der Waals surface area contributed by atoms with Crippen LogP contribution >= 0.6 is 11.6 Å². The van der Waals surface area contributed by atoms with Crippen molar-refractivity contribution in [3.05, 3.63) is 101 Å². The molecule has 3 aromatic carbocycles. The Balaban J connectivity index is 1.73. The van der Waals surface area contributed by atoms with Crippen molar-refractivity contribution < 1.29 is 8.81 Å². The maximum atomic E-state index is 14.1. The Kier molecular flexibility index (Phi) is 5.08. The van der Waals surface area contributed by atoms with E-state index in [9.17, 15) is 4.39 Å². The van der Waals surface area contributed by atoms with Crippen LogP contribution in [-0.2, 0) is 0 Å². The highest BCUT2D eigenvalue weighted by molar-refractivity contribution is 6.33. The van der Waals surface area contributed by atoms with Gasteiger partial charge in [-0.05, 0) is 42.3 Å². The van der Waals surface area contributed by atoms with Gasteiger partial charge in [0.05, 0.1) is 16.3 Å². The van der Waals surface area contributed by atoms with Crippen LogP contribution in [0.5, 0.6) is 0 Å². The van der Waals surface area contributed by atoms with Crippen LogP contribution in [0.1, 0.15) is 23.1 Å². The van der Waals surface area contributed by atoms with Crippen LogP contribution in [-0.4, -0.2) is 10.2 Å². The van der Waals surface area contributed by atoms with Crippen molar-refractivity contribution in [2.45, 2.75) is 13.0 Å². The van der Waals surface area contributed by atoms with Crippen LogP contribution in [0.2, 0.25) is 5.02 Å². The normalized spacial score (nSPS) is 12.0. The molecule has 4 nitrogen and oxygen atoms in total. The van der Waals surface area contributed by atoms with E-state index in [1.807, 2.05) is 55.5 Å². The van der Waals surface area contributed by atoms with Crippen molar-refractivity contribution in [1.29, 1.82) is 0 Å². The standard InChI is InChI=1S/C22H17ClFN3O/c1-14-11-12-19(17(23)13-14)25-20(15-7-3-2-4-8-15)22-27-26-21(28-22)16-9-5-6-10-18(16)24/h2-13,20,25H,1H3/t20-/m1/s1. The number of hydrogen-bond donors (Lipinski definition) is 1. The second-order valence-corrected chi connectivity index (χ2v) is 6.80. The number of halogens is 2. The van der Waals surface area contributed by atoms with Crippen molar-refractivity contribution in [2.75, 3.05) is 5.32 Å². The van der Waals surface area contributed by atoms with E-state index in [4.69, 9.17) is 16.0 Å². The Labute approximate surface area is 167 Å². The van der Waals surface area contributed by atoms with Crippen LogP contribution < -0.4 is 5.32 Å². The first-order chi connectivity index (χ1) is 13.6. The van der Waals surface area contributed by atoms with Crippen LogP contribution in [0.3, 0.4) is 0 Å². The SMILES string of the molecule is Cc1ccc(N[C@H](c2ccccc2)c2nnc(-c3ccccc3F)o2)c(Cl)c1. The minimum atomic E-state index is -0.436. The summed E-state index contributed by atoms with van der Waals surface area (Å²) >= 11 is 6.39. The molecule has 4 rings (SSSR count). The maximum Gasteiger partial charge on any atom is 0.250 e. The molecule has 0 saturated heterocycles. The number of nitrogens with zero attached hydrogens (tertiary/aromatic N) is 2. The third-order valence-corrected chi connectivity index (χ3v) is 4.66. The second-order valence-electron chi connectivity index (χ2n) is 6.40. The smallest absolute Gasteiger partial charge is 0.250 e. The van der Waals surface area contributed by atoms with Gasteiger partial charge in [-0.1, -0.05) is 60.1 Å². The molecule has 0 amide bonds. The predicted octanol–water partition coefficient (Wildman–Crippen LogP) is 6.04. The summed E-state index contributed by atoms with van der Waals surface area (Å²) < 4.78 is 19.9. The Morgan fingerprint density at radius 3 is 2.46 bits per heavy atom. The first-order valence-electron chi connectivity index (χ1n) is 8.78. The number of nitrogens with one attached hydrogen (secondary N) is 1. The highest BCUT2D eigenvalue weighted by Gasteiger charge is 2.23. The van der Waals surface area contributed by atoms with Crippen LogP contribution in [0.15, 0.2) is 77.2 Å². The van der Waals surface area contributed by atoms with E-state index in [-0.39, 0.29) is 11.5 Å². The lowest BCUT2D eigenvalue weighted by Crippen LogP contribution is -2.13. The lowest BCUT2D eigenvalue weighted by Gasteiger charge is -2.18. The fraction of sp³-hybridized carbons (Fsp3) is 0.0909. The first-order valence-corrected chi connectivity index (χ1v) is 9.15. The number of hydrogen-bond acceptors (Lipinski definition) is 4. The molecule has 6 heteroatoms. The lowest BCUT2D eigenvalue weighted by atomic mass is 10.1. The average molecular weight is 394 g/mol. The minimum absolute atomic E-state index is 0.130. The van der Waals surface area contributed by atoms with E-state index in [0.29, 0.717) is 10.9 Å². The Bertz CT molecular complexity index is 1100. The zero-order valence-corrected chi connectivity index (χ0v) is 15.8. The molecule has 0 aliphatic carbocycles. The fourth-order valence-electron chi connectivity index (χ4n) is 2.92. The van der Waals surface area contributed by atoms with E-state index < -0.39 is 11.9 Å². The van der Waals surface area contributed by atoms with Gasteiger partial charge in [0, 0.05) is 0 Å². The average Bonchev–Trinajstić information content (AvgIpc) is 3.18. The molecule has 140 valence electrons. The van der Waals surface area contributed by atoms with Crippen LogP contribution in [0.25, 0.3) is 11.5 Å². The van der Waals surface area contributed by atoms with E-state index in [0.717, 1.165) is 16.8 Å². The molecule has 0 bridgehead atoms. The summed E-state index contributed by atoms with van der Waals surface area (Å²) in [5.41, 5.74) is 2.99. The third kappa shape index (κ3) is 3.75. The van der Waals surface area contributed by atoms with E-state index >= 15 is 0 Å². The van der Waals surface area contributed by atoms with E-state index in [1.165, 1.54) is 6.07 Å². The summed E-state index contributed by atoms with van der Waals surface area (Å²) in [5.74, 6) is 0.0374. The Hall–Kier alpha value is -3.18. The van der Waals surface area contributed by atoms with Crippen molar-refractivity contribution in [3.63, 3.8) is 0 Å². The molecule has 4 aromatic rings. The zero-order valence-electron chi connectivity index (χ0n) is 15.1. The van der Waals surface area contributed by atoms with Crippen LogP contribution in [0, 0.1) is 12.7 Å². The van der Waals surface area contributed by atoms with Crippen molar-refractivity contribution in [1.82, 2.24) is 10.2 Å². The van der Waals surface area contributed by atoms with Gasteiger partial charge in [0.1, 0.15) is 11.9 Å².